The van der Waals surface area contributed by atoms with E-state index in [-0.39, 0.29) is 37.1 Å². The molecule has 1 amide bonds. The number of Topliss-reactive ketones (excluding diaryl/α,β-unsaturated/α-hetero) is 1. The van der Waals surface area contributed by atoms with Gasteiger partial charge >= 0.3 is 5.97 Å². The lowest BCUT2D eigenvalue weighted by Gasteiger charge is -2.23. The number of aromatic amines is 1. The zero-order chi connectivity index (χ0) is 21.0. The van der Waals surface area contributed by atoms with Gasteiger partial charge < -0.3 is 20.4 Å². The molecule has 154 valence electrons. The van der Waals surface area contributed by atoms with Gasteiger partial charge in [-0.15, -0.1) is 0 Å². The van der Waals surface area contributed by atoms with E-state index in [1.54, 1.807) is 4.90 Å². The number of carbonyl (C=O) groups is 3. The van der Waals surface area contributed by atoms with Crippen molar-refractivity contribution in [1.82, 2.24) is 9.97 Å². The van der Waals surface area contributed by atoms with Gasteiger partial charge in [0.05, 0.1) is 26.1 Å². The van der Waals surface area contributed by atoms with E-state index in [4.69, 9.17) is 5.73 Å². The average molecular weight is 398 g/mol. The van der Waals surface area contributed by atoms with E-state index in [0.29, 0.717) is 24.4 Å². The van der Waals surface area contributed by atoms with Crippen molar-refractivity contribution in [1.29, 1.82) is 0 Å². The van der Waals surface area contributed by atoms with E-state index in [1.165, 1.54) is 7.11 Å². The Morgan fingerprint density at radius 3 is 2.72 bits per heavy atom. The number of amides is 1. The normalized spacial score (nSPS) is 15.3. The third-order valence-electron chi connectivity index (χ3n) is 5.08. The summed E-state index contributed by atoms with van der Waals surface area (Å²) in [4.78, 5) is 46.1. The number of esters is 1. The lowest BCUT2D eigenvalue weighted by Crippen LogP contribution is -2.37. The van der Waals surface area contributed by atoms with Crippen LogP contribution in [0.15, 0.2) is 24.3 Å². The molecule has 8 nitrogen and oxygen atoms in total. The van der Waals surface area contributed by atoms with Crippen LogP contribution in [0.2, 0.25) is 0 Å². The number of nitrogens with two attached hydrogens (primary N) is 1. The summed E-state index contributed by atoms with van der Waals surface area (Å²) in [7, 11) is 1.29. The van der Waals surface area contributed by atoms with Crippen molar-refractivity contribution in [3.05, 3.63) is 47.0 Å². The molecule has 8 heteroatoms. The minimum absolute atomic E-state index is 0.00967. The molecule has 29 heavy (non-hydrogen) atoms. The Morgan fingerprint density at radius 2 is 2.03 bits per heavy atom. The lowest BCUT2D eigenvalue weighted by molar-refractivity contribution is -0.140. The summed E-state index contributed by atoms with van der Waals surface area (Å²) < 4.78 is 4.61. The van der Waals surface area contributed by atoms with Gasteiger partial charge in [-0.25, -0.2) is 4.98 Å². The number of fused-ring (bicyclic) bond motifs is 1. The van der Waals surface area contributed by atoms with Gasteiger partial charge in [0.15, 0.2) is 5.78 Å². The predicted molar refractivity (Wildman–Crippen MR) is 108 cm³/mol. The van der Waals surface area contributed by atoms with E-state index in [1.807, 2.05) is 31.2 Å². The number of para-hydroxylation sites is 1. The highest BCUT2D eigenvalue weighted by molar-refractivity contribution is 5.98. The van der Waals surface area contributed by atoms with Crippen molar-refractivity contribution in [2.24, 2.45) is 5.73 Å². The number of H-pyrrole nitrogens is 1. The van der Waals surface area contributed by atoms with Crippen LogP contribution in [-0.4, -0.2) is 41.3 Å². The number of nitrogens with zero attached hydrogens (tertiary/aromatic N) is 2. The maximum atomic E-state index is 12.7. The van der Waals surface area contributed by atoms with Crippen LogP contribution < -0.4 is 10.6 Å². The van der Waals surface area contributed by atoms with Gasteiger partial charge in [0.2, 0.25) is 5.91 Å². The number of hydrogen-bond donors (Lipinski definition) is 2. The first kappa shape index (κ1) is 20.7. The molecule has 0 aliphatic carbocycles. The molecule has 0 spiro atoms. The Kier molecular flexibility index (Phi) is 6.43. The Morgan fingerprint density at radius 1 is 1.28 bits per heavy atom. The fourth-order valence-corrected chi connectivity index (χ4v) is 3.70. The maximum absolute atomic E-state index is 12.7. The van der Waals surface area contributed by atoms with Gasteiger partial charge in [-0.05, 0) is 18.1 Å². The molecule has 2 aromatic rings. The molecule has 0 radical (unpaired) electrons. The number of ketones is 1. The van der Waals surface area contributed by atoms with E-state index in [2.05, 4.69) is 14.7 Å². The number of imidazole rings is 1. The standard InChI is InChI=1S/C21H26N4O4/c1-3-6-14-20(17(26)9-10-19(28)29-2)24-21(23-14)16-11-13-7-4-5-8-15(13)25(16)18(27)12-22/h4-5,7-8,16H,3,6,9-12,22H2,1-2H3,(H,23,24). The van der Waals surface area contributed by atoms with Crippen molar-refractivity contribution in [3.8, 4) is 0 Å². The lowest BCUT2D eigenvalue weighted by atomic mass is 10.1. The topological polar surface area (TPSA) is 118 Å². The number of anilines is 1. The molecule has 1 aromatic heterocycles. The third-order valence-corrected chi connectivity index (χ3v) is 5.08. The highest BCUT2D eigenvalue weighted by Gasteiger charge is 2.36. The Bertz CT molecular complexity index is 921. The number of carbonyl (C=O) groups excluding carboxylic acids is 3. The van der Waals surface area contributed by atoms with Crippen LogP contribution in [0.4, 0.5) is 5.69 Å². The molecule has 3 N–H and O–H groups in total. The molecule has 1 aliphatic heterocycles. The van der Waals surface area contributed by atoms with Crippen LogP contribution in [0.5, 0.6) is 0 Å². The van der Waals surface area contributed by atoms with Gasteiger partial charge in [-0.3, -0.25) is 14.4 Å². The first-order valence-electron chi connectivity index (χ1n) is 9.78. The fraction of sp³-hybridized carbons (Fsp3) is 0.429. The second-order valence-electron chi connectivity index (χ2n) is 7.02. The molecule has 2 heterocycles. The molecule has 0 fully saturated rings. The summed E-state index contributed by atoms with van der Waals surface area (Å²) in [5.41, 5.74) is 8.56. The SMILES string of the molecule is CCCc1[nH]c(C2Cc3ccccc3N2C(=O)CN)nc1C(=O)CCC(=O)OC. The van der Waals surface area contributed by atoms with E-state index in [0.717, 1.165) is 23.4 Å². The summed E-state index contributed by atoms with van der Waals surface area (Å²) in [6.07, 6.45) is 2.11. The zero-order valence-corrected chi connectivity index (χ0v) is 16.7. The quantitative estimate of drug-likeness (QED) is 0.519. The maximum Gasteiger partial charge on any atom is 0.305 e. The van der Waals surface area contributed by atoms with Crippen molar-refractivity contribution < 1.29 is 19.1 Å². The number of ether oxygens (including phenoxy) is 1. The van der Waals surface area contributed by atoms with E-state index >= 15 is 0 Å². The average Bonchev–Trinajstić information content (AvgIpc) is 3.33. The van der Waals surface area contributed by atoms with Gasteiger partial charge in [-0.1, -0.05) is 31.5 Å². The second kappa shape index (κ2) is 9.00. The van der Waals surface area contributed by atoms with Crippen LogP contribution in [0.3, 0.4) is 0 Å². The van der Waals surface area contributed by atoms with Gasteiger partial charge in [0.25, 0.3) is 0 Å². The van der Waals surface area contributed by atoms with Crippen LogP contribution >= 0.6 is 0 Å². The molecule has 1 atom stereocenters. The fourth-order valence-electron chi connectivity index (χ4n) is 3.70. The number of methoxy groups -OCH3 is 1. The summed E-state index contributed by atoms with van der Waals surface area (Å²) in [6, 6.07) is 7.33. The van der Waals surface area contributed by atoms with Crippen molar-refractivity contribution in [2.45, 2.75) is 45.1 Å². The van der Waals surface area contributed by atoms with Crippen LogP contribution in [0, 0.1) is 0 Å². The molecule has 0 saturated heterocycles. The Labute approximate surface area is 169 Å². The van der Waals surface area contributed by atoms with Gasteiger partial charge in [-0.2, -0.15) is 0 Å². The zero-order valence-electron chi connectivity index (χ0n) is 16.7. The number of rotatable bonds is 8. The van der Waals surface area contributed by atoms with Gasteiger partial charge in [0.1, 0.15) is 11.5 Å². The van der Waals surface area contributed by atoms with Crippen LogP contribution in [0.25, 0.3) is 0 Å². The van der Waals surface area contributed by atoms with Crippen molar-refractivity contribution >= 4 is 23.3 Å². The largest absolute Gasteiger partial charge is 0.469 e. The number of benzene rings is 1. The molecule has 1 aromatic carbocycles. The monoisotopic (exact) mass is 398 g/mol. The highest BCUT2D eigenvalue weighted by Crippen LogP contribution is 2.39. The number of hydrogen-bond acceptors (Lipinski definition) is 6. The Hall–Kier alpha value is -3.00. The molecule has 3 rings (SSSR count). The second-order valence-corrected chi connectivity index (χ2v) is 7.02. The molecule has 1 unspecified atom stereocenters. The summed E-state index contributed by atoms with van der Waals surface area (Å²) in [6.45, 7) is 1.90. The first-order valence-corrected chi connectivity index (χ1v) is 9.78. The number of nitrogens with one attached hydrogen (secondary N) is 1. The van der Waals surface area contributed by atoms with Gasteiger partial charge in [0, 0.05) is 24.2 Å². The minimum Gasteiger partial charge on any atom is -0.469 e. The van der Waals surface area contributed by atoms with E-state index in [9.17, 15) is 14.4 Å². The highest BCUT2D eigenvalue weighted by atomic mass is 16.5. The molecule has 1 aliphatic rings. The summed E-state index contributed by atoms with van der Waals surface area (Å²) >= 11 is 0. The van der Waals surface area contributed by atoms with Crippen LogP contribution in [-0.2, 0) is 27.2 Å². The summed E-state index contributed by atoms with van der Waals surface area (Å²) in [5, 5.41) is 0. The predicted octanol–water partition coefficient (Wildman–Crippen LogP) is 2.09. The summed E-state index contributed by atoms with van der Waals surface area (Å²) in [5.74, 6) is -0.287. The molecular weight excluding hydrogens is 372 g/mol. The van der Waals surface area contributed by atoms with Crippen LogP contribution in [0.1, 0.15) is 59.8 Å². The number of aryl methyl sites for hydroxylation is 1. The van der Waals surface area contributed by atoms with Crippen molar-refractivity contribution in [3.63, 3.8) is 0 Å². The molecule has 0 bridgehead atoms. The van der Waals surface area contributed by atoms with Crippen molar-refractivity contribution in [2.75, 3.05) is 18.6 Å². The number of aromatic nitrogens is 2. The Balaban J connectivity index is 1.93. The van der Waals surface area contributed by atoms with E-state index < -0.39 is 5.97 Å². The molecular formula is C21H26N4O4. The smallest absolute Gasteiger partial charge is 0.305 e. The molecule has 0 saturated carbocycles. The minimum atomic E-state index is -0.433. The first-order chi connectivity index (χ1) is 14.0. The third kappa shape index (κ3) is 4.22.